The Morgan fingerprint density at radius 2 is 2.00 bits per heavy atom. The molecular weight excluding hydrogens is 314 g/mol. The molecule has 1 aromatic rings. The van der Waals surface area contributed by atoms with Crippen LogP contribution in [0, 0.1) is 11.6 Å². The molecule has 1 unspecified atom stereocenters. The van der Waals surface area contributed by atoms with Crippen molar-refractivity contribution in [2.24, 2.45) is 0 Å². The zero-order valence-electron chi connectivity index (χ0n) is 14.9. The van der Waals surface area contributed by atoms with Crippen molar-refractivity contribution in [1.82, 2.24) is 10.6 Å². The molecule has 0 fully saturated rings. The Balaban J connectivity index is 2.55. The average molecular weight is 342 g/mol. The van der Waals surface area contributed by atoms with Gasteiger partial charge in [0.05, 0.1) is 0 Å². The van der Waals surface area contributed by atoms with E-state index in [9.17, 15) is 13.6 Å². The summed E-state index contributed by atoms with van der Waals surface area (Å²) in [6.45, 7) is 8.04. The van der Waals surface area contributed by atoms with Crippen molar-refractivity contribution in [2.75, 3.05) is 6.54 Å². The third-order valence-corrected chi connectivity index (χ3v) is 3.39. The molecular formula is C18H28F2N2O2. The highest BCUT2D eigenvalue weighted by molar-refractivity contribution is 5.67. The number of rotatable bonds is 8. The van der Waals surface area contributed by atoms with Crippen LogP contribution in [0.1, 0.15) is 52.5 Å². The van der Waals surface area contributed by atoms with E-state index in [4.69, 9.17) is 4.74 Å². The maximum atomic E-state index is 13.7. The van der Waals surface area contributed by atoms with Crippen molar-refractivity contribution in [3.8, 4) is 0 Å². The lowest BCUT2D eigenvalue weighted by molar-refractivity contribution is 0.0521. The predicted octanol–water partition coefficient (Wildman–Crippen LogP) is 4.14. The van der Waals surface area contributed by atoms with Gasteiger partial charge in [-0.1, -0.05) is 19.8 Å². The van der Waals surface area contributed by atoms with Gasteiger partial charge in [-0.3, -0.25) is 0 Å². The number of hydrogen-bond donors (Lipinski definition) is 2. The highest BCUT2D eigenvalue weighted by Gasteiger charge is 2.17. The van der Waals surface area contributed by atoms with E-state index >= 15 is 0 Å². The number of benzene rings is 1. The first-order valence-corrected chi connectivity index (χ1v) is 8.35. The second-order valence-electron chi connectivity index (χ2n) is 6.84. The first-order valence-electron chi connectivity index (χ1n) is 8.35. The molecule has 1 atom stereocenters. The Bertz CT molecular complexity index is 530. The van der Waals surface area contributed by atoms with E-state index in [1.807, 2.05) is 0 Å². The smallest absolute Gasteiger partial charge is 0.407 e. The normalized spacial score (nSPS) is 12.8. The highest BCUT2D eigenvalue weighted by Crippen LogP contribution is 2.11. The number of ether oxygens (including phenoxy) is 1. The molecule has 0 saturated heterocycles. The van der Waals surface area contributed by atoms with Gasteiger partial charge in [0, 0.05) is 24.7 Å². The maximum absolute atomic E-state index is 13.7. The summed E-state index contributed by atoms with van der Waals surface area (Å²) in [6, 6.07) is 3.35. The molecule has 0 aromatic heterocycles. The van der Waals surface area contributed by atoms with Crippen molar-refractivity contribution in [1.29, 1.82) is 0 Å². The fourth-order valence-corrected chi connectivity index (χ4v) is 2.18. The largest absolute Gasteiger partial charge is 0.444 e. The van der Waals surface area contributed by atoms with Gasteiger partial charge in [-0.05, 0) is 45.4 Å². The van der Waals surface area contributed by atoms with Crippen molar-refractivity contribution < 1.29 is 18.3 Å². The molecule has 0 aliphatic carbocycles. The monoisotopic (exact) mass is 342 g/mol. The summed E-state index contributed by atoms with van der Waals surface area (Å²) in [7, 11) is 0. The molecule has 6 heteroatoms. The summed E-state index contributed by atoms with van der Waals surface area (Å²) in [6.07, 6.45) is 2.32. The molecule has 0 spiro atoms. The SMILES string of the molecule is CCCCC(CNC(=O)OC(C)(C)C)NCc1cc(F)ccc1F. The van der Waals surface area contributed by atoms with Gasteiger partial charge in [0.15, 0.2) is 0 Å². The molecule has 2 N–H and O–H groups in total. The number of carbonyl (C=O) groups excluding carboxylic acids is 1. The van der Waals surface area contributed by atoms with Crippen LogP contribution in [0.15, 0.2) is 18.2 Å². The minimum Gasteiger partial charge on any atom is -0.444 e. The molecule has 0 radical (unpaired) electrons. The number of hydrogen-bond acceptors (Lipinski definition) is 3. The van der Waals surface area contributed by atoms with Gasteiger partial charge >= 0.3 is 6.09 Å². The minimum absolute atomic E-state index is 0.0415. The van der Waals surface area contributed by atoms with Crippen LogP contribution in [0.4, 0.5) is 13.6 Å². The molecule has 1 rings (SSSR count). The zero-order chi connectivity index (χ0) is 18.2. The molecule has 0 heterocycles. The van der Waals surface area contributed by atoms with Gasteiger partial charge in [-0.2, -0.15) is 0 Å². The second kappa shape index (κ2) is 9.57. The molecule has 1 amide bonds. The third kappa shape index (κ3) is 8.24. The molecule has 0 aliphatic rings. The lowest BCUT2D eigenvalue weighted by atomic mass is 10.1. The number of alkyl carbamates (subject to hydrolysis) is 1. The van der Waals surface area contributed by atoms with E-state index in [0.717, 1.165) is 31.4 Å². The minimum atomic E-state index is -0.554. The summed E-state index contributed by atoms with van der Waals surface area (Å²) >= 11 is 0. The van der Waals surface area contributed by atoms with Crippen molar-refractivity contribution >= 4 is 6.09 Å². The van der Waals surface area contributed by atoms with Gasteiger partial charge in [-0.15, -0.1) is 0 Å². The molecule has 0 aliphatic heterocycles. The van der Waals surface area contributed by atoms with Gasteiger partial charge < -0.3 is 15.4 Å². The van der Waals surface area contributed by atoms with E-state index in [1.165, 1.54) is 6.07 Å². The summed E-state index contributed by atoms with van der Waals surface area (Å²) in [5.41, 5.74) is -0.282. The standard InChI is InChI=1S/C18H28F2N2O2/c1-5-6-7-15(12-22-17(23)24-18(2,3)4)21-11-13-10-14(19)8-9-16(13)20/h8-10,15,21H,5-7,11-12H2,1-4H3,(H,22,23). The molecule has 0 bridgehead atoms. The van der Waals surface area contributed by atoms with Crippen LogP contribution >= 0.6 is 0 Å². The number of carbonyl (C=O) groups is 1. The maximum Gasteiger partial charge on any atom is 0.407 e. The van der Waals surface area contributed by atoms with Crippen LogP contribution in [0.3, 0.4) is 0 Å². The van der Waals surface area contributed by atoms with Crippen LogP contribution < -0.4 is 10.6 Å². The molecule has 4 nitrogen and oxygen atoms in total. The number of amides is 1. The van der Waals surface area contributed by atoms with Crippen molar-refractivity contribution in [3.05, 3.63) is 35.4 Å². The van der Waals surface area contributed by atoms with E-state index in [-0.39, 0.29) is 18.2 Å². The van der Waals surface area contributed by atoms with Gasteiger partial charge in [-0.25, -0.2) is 13.6 Å². The molecule has 24 heavy (non-hydrogen) atoms. The number of halogens is 2. The van der Waals surface area contributed by atoms with Crippen LogP contribution in [0.25, 0.3) is 0 Å². The molecule has 1 aromatic carbocycles. The van der Waals surface area contributed by atoms with Gasteiger partial charge in [0.1, 0.15) is 17.2 Å². The first-order chi connectivity index (χ1) is 11.2. The van der Waals surface area contributed by atoms with E-state index in [0.29, 0.717) is 6.54 Å². The van der Waals surface area contributed by atoms with Gasteiger partial charge in [0.2, 0.25) is 0 Å². The Kier molecular flexibility index (Phi) is 8.11. The fourth-order valence-electron chi connectivity index (χ4n) is 2.18. The third-order valence-electron chi connectivity index (χ3n) is 3.39. The van der Waals surface area contributed by atoms with Crippen molar-refractivity contribution in [2.45, 2.75) is 65.1 Å². The van der Waals surface area contributed by atoms with Crippen LogP contribution in [-0.2, 0) is 11.3 Å². The first kappa shape index (κ1) is 20.4. The Hall–Kier alpha value is -1.69. The van der Waals surface area contributed by atoms with Crippen molar-refractivity contribution in [3.63, 3.8) is 0 Å². The van der Waals surface area contributed by atoms with Gasteiger partial charge in [0.25, 0.3) is 0 Å². The fraction of sp³-hybridized carbons (Fsp3) is 0.611. The summed E-state index contributed by atoms with van der Waals surface area (Å²) < 4.78 is 32.1. The van der Waals surface area contributed by atoms with E-state index in [2.05, 4.69) is 17.6 Å². The summed E-state index contributed by atoms with van der Waals surface area (Å²) in [5, 5.41) is 5.90. The van der Waals surface area contributed by atoms with E-state index < -0.39 is 23.3 Å². The number of nitrogens with one attached hydrogen (secondary N) is 2. The van der Waals surface area contributed by atoms with Crippen LogP contribution in [0.2, 0.25) is 0 Å². The Labute approximate surface area is 143 Å². The predicted molar refractivity (Wildman–Crippen MR) is 90.7 cm³/mol. The second-order valence-corrected chi connectivity index (χ2v) is 6.84. The summed E-state index contributed by atoms with van der Waals surface area (Å²) in [4.78, 5) is 11.7. The highest BCUT2D eigenvalue weighted by atomic mass is 19.1. The van der Waals surface area contributed by atoms with Crippen LogP contribution in [-0.4, -0.2) is 24.3 Å². The average Bonchev–Trinajstić information content (AvgIpc) is 2.48. The molecule has 136 valence electrons. The topological polar surface area (TPSA) is 50.4 Å². The van der Waals surface area contributed by atoms with Crippen LogP contribution in [0.5, 0.6) is 0 Å². The lowest BCUT2D eigenvalue weighted by Gasteiger charge is -2.23. The lowest BCUT2D eigenvalue weighted by Crippen LogP contribution is -2.42. The Morgan fingerprint density at radius 1 is 1.29 bits per heavy atom. The Morgan fingerprint density at radius 3 is 2.62 bits per heavy atom. The summed E-state index contributed by atoms with van der Waals surface area (Å²) in [5.74, 6) is -0.913. The quantitative estimate of drug-likeness (QED) is 0.746. The number of unbranched alkanes of at least 4 members (excludes halogenated alkanes) is 1. The zero-order valence-corrected chi connectivity index (χ0v) is 14.9. The van der Waals surface area contributed by atoms with E-state index in [1.54, 1.807) is 20.8 Å². The molecule has 0 saturated carbocycles.